The summed E-state index contributed by atoms with van der Waals surface area (Å²) in [5.41, 5.74) is 3.20. The molecule has 0 N–H and O–H groups in total. The van der Waals surface area contributed by atoms with Crippen LogP contribution in [-0.2, 0) is 6.54 Å². The average Bonchev–Trinajstić information content (AvgIpc) is 3.39. The topological polar surface area (TPSA) is 80.9 Å². The number of rotatable bonds is 6. The van der Waals surface area contributed by atoms with Crippen molar-refractivity contribution in [3.8, 4) is 22.8 Å². The van der Waals surface area contributed by atoms with E-state index in [0.717, 1.165) is 30.5 Å². The highest BCUT2D eigenvalue weighted by atomic mass is 16.5. The molecule has 5 rings (SSSR count). The minimum absolute atomic E-state index is 0.136. The van der Waals surface area contributed by atoms with E-state index in [1.54, 1.807) is 38.5 Å². The Morgan fingerprint density at radius 3 is 2.62 bits per heavy atom. The second kappa shape index (κ2) is 9.52. The summed E-state index contributed by atoms with van der Waals surface area (Å²) in [6, 6.07) is 17.4. The molecule has 34 heavy (non-hydrogen) atoms. The molecule has 0 aliphatic carbocycles. The highest BCUT2D eigenvalue weighted by molar-refractivity contribution is 5.93. The zero-order chi connectivity index (χ0) is 23.5. The quantitative estimate of drug-likeness (QED) is 0.434. The molecule has 0 spiro atoms. The fourth-order valence-corrected chi connectivity index (χ4v) is 4.32. The Kier molecular flexibility index (Phi) is 6.14. The number of para-hydroxylation sites is 1. The SMILES string of the molecule is COc1ccc(OC)c(-c2cc(C(=O)N3CCN(Cc4cccc5cccnc45)CC3)no2)c1. The van der Waals surface area contributed by atoms with Crippen LogP contribution in [0.25, 0.3) is 22.2 Å². The molecular formula is C26H26N4O4. The van der Waals surface area contributed by atoms with Crippen LogP contribution in [0, 0.1) is 0 Å². The van der Waals surface area contributed by atoms with Gasteiger partial charge in [0.2, 0.25) is 0 Å². The summed E-state index contributed by atoms with van der Waals surface area (Å²) < 4.78 is 16.2. The molecule has 1 fully saturated rings. The van der Waals surface area contributed by atoms with Crippen LogP contribution < -0.4 is 9.47 Å². The minimum atomic E-state index is -0.136. The second-order valence-electron chi connectivity index (χ2n) is 8.20. The van der Waals surface area contributed by atoms with Crippen LogP contribution in [0.5, 0.6) is 11.5 Å². The second-order valence-corrected chi connectivity index (χ2v) is 8.20. The summed E-state index contributed by atoms with van der Waals surface area (Å²) in [6.45, 7) is 3.62. The summed E-state index contributed by atoms with van der Waals surface area (Å²) in [5.74, 6) is 1.61. The van der Waals surface area contributed by atoms with Gasteiger partial charge in [-0.25, -0.2) is 0 Å². The molecule has 2 aromatic heterocycles. The fourth-order valence-electron chi connectivity index (χ4n) is 4.32. The molecule has 0 bridgehead atoms. The van der Waals surface area contributed by atoms with Crippen molar-refractivity contribution in [2.75, 3.05) is 40.4 Å². The molecule has 4 aromatic rings. The molecule has 3 heterocycles. The van der Waals surface area contributed by atoms with E-state index in [0.29, 0.717) is 35.9 Å². The monoisotopic (exact) mass is 458 g/mol. The van der Waals surface area contributed by atoms with Gasteiger partial charge in [0.05, 0.1) is 25.3 Å². The molecule has 1 saturated heterocycles. The van der Waals surface area contributed by atoms with Gasteiger partial charge < -0.3 is 18.9 Å². The maximum atomic E-state index is 13.1. The summed E-state index contributed by atoms with van der Waals surface area (Å²) in [7, 11) is 3.18. The first-order valence-electron chi connectivity index (χ1n) is 11.2. The lowest BCUT2D eigenvalue weighted by atomic mass is 10.1. The van der Waals surface area contributed by atoms with Crippen molar-refractivity contribution >= 4 is 16.8 Å². The van der Waals surface area contributed by atoms with Crippen LogP contribution in [0.15, 0.2) is 65.3 Å². The van der Waals surface area contributed by atoms with Gasteiger partial charge >= 0.3 is 0 Å². The van der Waals surface area contributed by atoms with Gasteiger partial charge in [0.1, 0.15) is 11.5 Å². The number of methoxy groups -OCH3 is 2. The largest absolute Gasteiger partial charge is 0.497 e. The highest BCUT2D eigenvalue weighted by Gasteiger charge is 2.26. The minimum Gasteiger partial charge on any atom is -0.497 e. The van der Waals surface area contributed by atoms with E-state index in [9.17, 15) is 4.79 Å². The molecule has 1 aliphatic heterocycles. The molecule has 174 valence electrons. The van der Waals surface area contributed by atoms with Gasteiger partial charge in [-0.2, -0.15) is 0 Å². The van der Waals surface area contributed by atoms with Crippen LogP contribution in [0.4, 0.5) is 0 Å². The first kappa shape index (κ1) is 21.9. The van der Waals surface area contributed by atoms with Gasteiger partial charge in [-0.15, -0.1) is 0 Å². The number of amides is 1. The fraction of sp³-hybridized carbons (Fsp3) is 0.269. The first-order valence-corrected chi connectivity index (χ1v) is 11.2. The van der Waals surface area contributed by atoms with Crippen LogP contribution in [0.1, 0.15) is 16.1 Å². The van der Waals surface area contributed by atoms with Crippen molar-refractivity contribution < 1.29 is 18.8 Å². The Balaban J connectivity index is 1.25. The van der Waals surface area contributed by atoms with Crippen LogP contribution >= 0.6 is 0 Å². The maximum absolute atomic E-state index is 13.1. The third kappa shape index (κ3) is 4.32. The normalized spacial score (nSPS) is 14.4. The lowest BCUT2D eigenvalue weighted by Gasteiger charge is -2.34. The molecule has 1 amide bonds. The molecule has 0 radical (unpaired) electrons. The number of hydrogen-bond donors (Lipinski definition) is 0. The van der Waals surface area contributed by atoms with E-state index in [-0.39, 0.29) is 11.6 Å². The number of benzene rings is 2. The number of fused-ring (bicyclic) bond motifs is 1. The number of aromatic nitrogens is 2. The summed E-state index contributed by atoms with van der Waals surface area (Å²) in [6.07, 6.45) is 1.83. The predicted octanol–water partition coefficient (Wildman–Crippen LogP) is 3.87. The molecule has 0 saturated carbocycles. The molecule has 8 nitrogen and oxygen atoms in total. The zero-order valence-electron chi connectivity index (χ0n) is 19.2. The molecule has 0 atom stereocenters. The van der Waals surface area contributed by atoms with Gasteiger partial charge in [-0.1, -0.05) is 29.4 Å². The summed E-state index contributed by atoms with van der Waals surface area (Å²) in [4.78, 5) is 21.8. The van der Waals surface area contributed by atoms with Crippen molar-refractivity contribution in [2.24, 2.45) is 0 Å². The molecular weight excluding hydrogens is 432 g/mol. The zero-order valence-corrected chi connectivity index (χ0v) is 19.2. The van der Waals surface area contributed by atoms with Crippen molar-refractivity contribution in [2.45, 2.75) is 6.54 Å². The Labute approximate surface area is 197 Å². The number of nitrogens with zero attached hydrogens (tertiary/aromatic N) is 4. The molecule has 2 aromatic carbocycles. The van der Waals surface area contributed by atoms with Crippen molar-refractivity contribution in [1.82, 2.24) is 19.9 Å². The number of hydrogen-bond acceptors (Lipinski definition) is 7. The number of ether oxygens (including phenoxy) is 2. The smallest absolute Gasteiger partial charge is 0.276 e. The lowest BCUT2D eigenvalue weighted by Crippen LogP contribution is -2.48. The third-order valence-electron chi connectivity index (χ3n) is 6.17. The van der Waals surface area contributed by atoms with Crippen molar-refractivity contribution in [3.05, 3.63) is 72.1 Å². The number of carbonyl (C=O) groups excluding carboxylic acids is 1. The Bertz CT molecular complexity index is 1310. The number of carbonyl (C=O) groups is 1. The van der Waals surface area contributed by atoms with Gasteiger partial charge in [0.15, 0.2) is 11.5 Å². The maximum Gasteiger partial charge on any atom is 0.276 e. The Hall–Kier alpha value is -3.91. The van der Waals surface area contributed by atoms with Gasteiger partial charge in [-0.3, -0.25) is 14.7 Å². The van der Waals surface area contributed by atoms with E-state index >= 15 is 0 Å². The third-order valence-corrected chi connectivity index (χ3v) is 6.17. The van der Waals surface area contributed by atoms with Gasteiger partial charge in [0, 0.05) is 50.4 Å². The Morgan fingerprint density at radius 1 is 1.00 bits per heavy atom. The van der Waals surface area contributed by atoms with E-state index < -0.39 is 0 Å². The van der Waals surface area contributed by atoms with Gasteiger partial charge in [-0.05, 0) is 29.8 Å². The first-order chi connectivity index (χ1) is 16.7. The number of pyridine rings is 1. The van der Waals surface area contributed by atoms with E-state index in [2.05, 4.69) is 39.3 Å². The summed E-state index contributed by atoms with van der Waals surface area (Å²) in [5, 5.41) is 5.18. The molecule has 0 unspecified atom stereocenters. The lowest BCUT2D eigenvalue weighted by molar-refractivity contribution is 0.0619. The van der Waals surface area contributed by atoms with Crippen LogP contribution in [-0.4, -0.2) is 66.2 Å². The van der Waals surface area contributed by atoms with E-state index in [4.69, 9.17) is 14.0 Å². The predicted molar refractivity (Wildman–Crippen MR) is 128 cm³/mol. The van der Waals surface area contributed by atoms with Crippen molar-refractivity contribution in [3.63, 3.8) is 0 Å². The number of piperazine rings is 1. The van der Waals surface area contributed by atoms with Crippen molar-refractivity contribution in [1.29, 1.82) is 0 Å². The van der Waals surface area contributed by atoms with Gasteiger partial charge in [0.25, 0.3) is 5.91 Å². The van der Waals surface area contributed by atoms with E-state index in [1.165, 1.54) is 5.56 Å². The standard InChI is InChI=1S/C26H26N4O4/c1-32-20-8-9-23(33-2)21(15-20)24-16-22(28-34-24)26(31)30-13-11-29(12-14-30)17-19-6-3-5-18-7-4-10-27-25(18)19/h3-10,15-16H,11-14,17H2,1-2H3. The molecule has 8 heteroatoms. The van der Waals surface area contributed by atoms with Crippen LogP contribution in [0.2, 0.25) is 0 Å². The average molecular weight is 459 g/mol. The van der Waals surface area contributed by atoms with E-state index in [1.807, 2.05) is 17.2 Å². The van der Waals surface area contributed by atoms with Crippen LogP contribution in [0.3, 0.4) is 0 Å². The Morgan fingerprint density at radius 2 is 1.82 bits per heavy atom. The molecule has 1 aliphatic rings. The summed E-state index contributed by atoms with van der Waals surface area (Å²) >= 11 is 0. The highest BCUT2D eigenvalue weighted by Crippen LogP contribution is 2.34.